The highest BCUT2D eigenvalue weighted by atomic mass is 16.5. The van der Waals surface area contributed by atoms with Crippen LogP contribution >= 0.6 is 0 Å². The zero-order valence-electron chi connectivity index (χ0n) is 10.3. The van der Waals surface area contributed by atoms with Crippen LogP contribution in [0.5, 0.6) is 0 Å². The SMILES string of the molecule is CCC(C)(O)CCOC(C)(CN)CCN. The van der Waals surface area contributed by atoms with Gasteiger partial charge in [0.2, 0.25) is 0 Å². The van der Waals surface area contributed by atoms with Crippen molar-refractivity contribution < 1.29 is 9.84 Å². The molecule has 0 aliphatic carbocycles. The standard InChI is InChI=1S/C11H26N2O2/c1-4-10(2,14)6-8-15-11(3,9-13)5-7-12/h14H,4-9,12-13H2,1-3H3. The first-order chi connectivity index (χ1) is 6.89. The van der Waals surface area contributed by atoms with Gasteiger partial charge < -0.3 is 21.3 Å². The Balaban J connectivity index is 3.91. The second-order valence-corrected chi connectivity index (χ2v) is 4.64. The second-order valence-electron chi connectivity index (χ2n) is 4.64. The zero-order chi connectivity index (χ0) is 11.9. The molecule has 4 heteroatoms. The molecule has 0 fully saturated rings. The summed E-state index contributed by atoms with van der Waals surface area (Å²) in [6.07, 6.45) is 2.11. The van der Waals surface area contributed by atoms with Gasteiger partial charge in [-0.3, -0.25) is 0 Å². The molecule has 92 valence electrons. The average Bonchev–Trinajstić information content (AvgIpc) is 2.18. The highest BCUT2D eigenvalue weighted by Crippen LogP contribution is 2.18. The van der Waals surface area contributed by atoms with Gasteiger partial charge in [0.05, 0.1) is 17.8 Å². The highest BCUT2D eigenvalue weighted by Gasteiger charge is 2.24. The molecule has 0 aromatic rings. The summed E-state index contributed by atoms with van der Waals surface area (Å²) in [5, 5.41) is 9.79. The van der Waals surface area contributed by atoms with Gasteiger partial charge >= 0.3 is 0 Å². The van der Waals surface area contributed by atoms with Crippen LogP contribution in [0.25, 0.3) is 0 Å². The van der Waals surface area contributed by atoms with Gasteiger partial charge in [-0.1, -0.05) is 6.92 Å². The zero-order valence-corrected chi connectivity index (χ0v) is 10.3. The van der Waals surface area contributed by atoms with Crippen molar-refractivity contribution in [2.75, 3.05) is 19.7 Å². The molecule has 2 atom stereocenters. The van der Waals surface area contributed by atoms with E-state index in [0.717, 1.165) is 12.8 Å². The third-order valence-corrected chi connectivity index (χ3v) is 2.96. The number of aliphatic hydroxyl groups is 1. The van der Waals surface area contributed by atoms with Crippen molar-refractivity contribution >= 4 is 0 Å². The minimum atomic E-state index is -0.641. The molecule has 5 N–H and O–H groups in total. The predicted octanol–water partition coefficient (Wildman–Crippen LogP) is 0.620. The molecule has 0 rings (SSSR count). The molecule has 0 heterocycles. The molecule has 0 saturated heterocycles. The maximum atomic E-state index is 9.79. The van der Waals surface area contributed by atoms with Crippen LogP contribution in [-0.4, -0.2) is 36.0 Å². The molecule has 0 aromatic heterocycles. The lowest BCUT2D eigenvalue weighted by molar-refractivity contribution is -0.0588. The quantitative estimate of drug-likeness (QED) is 0.558. The summed E-state index contributed by atoms with van der Waals surface area (Å²) in [7, 11) is 0. The first-order valence-corrected chi connectivity index (χ1v) is 5.65. The van der Waals surface area contributed by atoms with Crippen molar-refractivity contribution in [2.45, 2.75) is 51.2 Å². The Morgan fingerprint density at radius 3 is 2.20 bits per heavy atom. The van der Waals surface area contributed by atoms with Gasteiger partial charge in [-0.2, -0.15) is 0 Å². The van der Waals surface area contributed by atoms with E-state index in [4.69, 9.17) is 16.2 Å². The summed E-state index contributed by atoms with van der Waals surface area (Å²) in [5.41, 5.74) is 10.1. The molecule has 0 aliphatic rings. The molecule has 2 unspecified atom stereocenters. The van der Waals surface area contributed by atoms with Crippen molar-refractivity contribution in [3.63, 3.8) is 0 Å². The fourth-order valence-corrected chi connectivity index (χ4v) is 1.23. The van der Waals surface area contributed by atoms with Crippen LogP contribution in [0.15, 0.2) is 0 Å². The van der Waals surface area contributed by atoms with Crippen molar-refractivity contribution in [1.82, 2.24) is 0 Å². The average molecular weight is 218 g/mol. The number of rotatable bonds is 8. The minimum absolute atomic E-state index is 0.349. The fraction of sp³-hybridized carbons (Fsp3) is 1.00. The molecule has 15 heavy (non-hydrogen) atoms. The third-order valence-electron chi connectivity index (χ3n) is 2.96. The Kier molecular flexibility index (Phi) is 6.36. The van der Waals surface area contributed by atoms with Gasteiger partial charge in [0.1, 0.15) is 0 Å². The largest absolute Gasteiger partial charge is 0.390 e. The van der Waals surface area contributed by atoms with Crippen LogP contribution in [0.3, 0.4) is 0 Å². The summed E-state index contributed by atoms with van der Waals surface area (Å²) in [6, 6.07) is 0. The van der Waals surface area contributed by atoms with Crippen LogP contribution in [0.2, 0.25) is 0 Å². The Morgan fingerprint density at radius 2 is 1.80 bits per heavy atom. The molecule has 0 radical (unpaired) electrons. The second kappa shape index (κ2) is 6.43. The normalized spacial score (nSPS) is 19.6. The summed E-state index contributed by atoms with van der Waals surface area (Å²) in [4.78, 5) is 0. The van der Waals surface area contributed by atoms with E-state index < -0.39 is 5.60 Å². The van der Waals surface area contributed by atoms with Gasteiger partial charge in [0.25, 0.3) is 0 Å². The topological polar surface area (TPSA) is 81.5 Å². The van der Waals surface area contributed by atoms with E-state index in [9.17, 15) is 5.11 Å². The van der Waals surface area contributed by atoms with Crippen LogP contribution in [0.1, 0.15) is 40.0 Å². The van der Waals surface area contributed by atoms with E-state index in [0.29, 0.717) is 26.1 Å². The van der Waals surface area contributed by atoms with E-state index in [1.54, 1.807) is 0 Å². The van der Waals surface area contributed by atoms with E-state index in [1.807, 2.05) is 20.8 Å². The monoisotopic (exact) mass is 218 g/mol. The first kappa shape index (κ1) is 14.8. The van der Waals surface area contributed by atoms with Gasteiger partial charge in [-0.05, 0) is 39.7 Å². The summed E-state index contributed by atoms with van der Waals surface area (Å²) >= 11 is 0. The smallest absolute Gasteiger partial charge is 0.0788 e. The number of ether oxygens (including phenoxy) is 1. The molecule has 0 saturated carbocycles. The fourth-order valence-electron chi connectivity index (χ4n) is 1.23. The molecule has 0 amide bonds. The van der Waals surface area contributed by atoms with Gasteiger partial charge in [-0.15, -0.1) is 0 Å². The molecule has 4 nitrogen and oxygen atoms in total. The lowest BCUT2D eigenvalue weighted by Gasteiger charge is -2.30. The summed E-state index contributed by atoms with van der Waals surface area (Å²) < 4.78 is 5.69. The van der Waals surface area contributed by atoms with Crippen LogP contribution in [-0.2, 0) is 4.74 Å². The number of hydrogen-bond donors (Lipinski definition) is 3. The molecule has 0 spiro atoms. The summed E-state index contributed by atoms with van der Waals surface area (Å²) in [6.45, 7) is 7.28. The maximum absolute atomic E-state index is 9.79. The van der Waals surface area contributed by atoms with Gasteiger partial charge in [0.15, 0.2) is 0 Å². The summed E-state index contributed by atoms with van der Waals surface area (Å²) in [5.74, 6) is 0. The first-order valence-electron chi connectivity index (χ1n) is 5.65. The number of hydrogen-bond acceptors (Lipinski definition) is 4. The Bertz CT molecular complexity index is 174. The Morgan fingerprint density at radius 1 is 1.20 bits per heavy atom. The highest BCUT2D eigenvalue weighted by molar-refractivity contribution is 4.78. The van der Waals surface area contributed by atoms with Crippen molar-refractivity contribution in [3.8, 4) is 0 Å². The molecule has 0 aromatic carbocycles. The molecular weight excluding hydrogens is 192 g/mol. The molecule has 0 bridgehead atoms. The lowest BCUT2D eigenvalue weighted by Crippen LogP contribution is -2.40. The number of nitrogens with two attached hydrogens (primary N) is 2. The van der Waals surface area contributed by atoms with Crippen LogP contribution in [0.4, 0.5) is 0 Å². The molecular formula is C11H26N2O2. The van der Waals surface area contributed by atoms with E-state index in [2.05, 4.69) is 0 Å². The molecule has 0 aliphatic heterocycles. The maximum Gasteiger partial charge on any atom is 0.0788 e. The third kappa shape index (κ3) is 6.10. The Hall–Kier alpha value is -0.160. The van der Waals surface area contributed by atoms with E-state index >= 15 is 0 Å². The van der Waals surface area contributed by atoms with E-state index in [-0.39, 0.29) is 5.60 Å². The van der Waals surface area contributed by atoms with Gasteiger partial charge in [-0.25, -0.2) is 0 Å². The minimum Gasteiger partial charge on any atom is -0.390 e. The lowest BCUT2D eigenvalue weighted by atomic mass is 9.99. The van der Waals surface area contributed by atoms with Crippen molar-refractivity contribution in [2.24, 2.45) is 11.5 Å². The predicted molar refractivity (Wildman–Crippen MR) is 62.6 cm³/mol. The van der Waals surface area contributed by atoms with Crippen molar-refractivity contribution in [1.29, 1.82) is 0 Å². The Labute approximate surface area is 93.0 Å². The van der Waals surface area contributed by atoms with Crippen molar-refractivity contribution in [3.05, 3.63) is 0 Å². The van der Waals surface area contributed by atoms with E-state index in [1.165, 1.54) is 0 Å². The van der Waals surface area contributed by atoms with Crippen LogP contribution < -0.4 is 11.5 Å². The van der Waals surface area contributed by atoms with Crippen LogP contribution in [0, 0.1) is 0 Å². The van der Waals surface area contributed by atoms with Gasteiger partial charge in [0, 0.05) is 6.54 Å².